The van der Waals surface area contributed by atoms with Crippen LogP contribution in [-0.4, -0.2) is 66.1 Å². The Bertz CT molecular complexity index is 1580. The zero-order chi connectivity index (χ0) is 26.1. The fourth-order valence-corrected chi connectivity index (χ4v) is 4.59. The van der Waals surface area contributed by atoms with Crippen LogP contribution in [0.2, 0.25) is 0 Å². The van der Waals surface area contributed by atoms with Gasteiger partial charge in [0.1, 0.15) is 23.5 Å². The van der Waals surface area contributed by atoms with E-state index in [0.717, 1.165) is 17.1 Å². The van der Waals surface area contributed by atoms with Gasteiger partial charge in [0.15, 0.2) is 11.5 Å². The van der Waals surface area contributed by atoms with E-state index in [1.807, 2.05) is 41.9 Å². The Morgan fingerprint density at radius 3 is 2.92 bits per heavy atom. The Balaban J connectivity index is 1.21. The molecule has 0 spiro atoms. The minimum absolute atomic E-state index is 0.281. The van der Waals surface area contributed by atoms with Gasteiger partial charge in [0.25, 0.3) is 0 Å². The Hall–Kier alpha value is -4.42. The number of rotatable bonds is 7. The van der Waals surface area contributed by atoms with E-state index in [1.165, 1.54) is 6.07 Å². The third-order valence-corrected chi connectivity index (χ3v) is 6.56. The molecule has 0 bridgehead atoms. The van der Waals surface area contributed by atoms with Crippen LogP contribution in [-0.2, 0) is 18.3 Å². The number of halogens is 1. The summed E-state index contributed by atoms with van der Waals surface area (Å²) in [6, 6.07) is 12.5. The molecule has 1 aromatic carbocycles. The van der Waals surface area contributed by atoms with Gasteiger partial charge in [-0.05, 0) is 30.3 Å². The van der Waals surface area contributed by atoms with Gasteiger partial charge < -0.3 is 14.8 Å². The molecule has 5 aromatic rings. The maximum Gasteiger partial charge on any atom is 0.228 e. The van der Waals surface area contributed by atoms with E-state index in [9.17, 15) is 4.39 Å². The standard InChI is InChI=1S/C26H26FN9O2/c1-34-23(7-10-29-34)31-26-28-9-6-20(30-26)17-8-11-36-24(14-17)32-33-25(36)22-16-35(12-13-38-22)15-18-19(27)4-3-5-21(18)37-2/h3-11,14,22H,12-13,15-16H2,1-2H3,(H,28,30,31). The number of methoxy groups -OCH3 is 1. The highest BCUT2D eigenvalue weighted by atomic mass is 19.1. The van der Waals surface area contributed by atoms with Crippen molar-refractivity contribution >= 4 is 17.4 Å². The number of hydrogen-bond acceptors (Lipinski definition) is 9. The number of morpholine rings is 1. The van der Waals surface area contributed by atoms with Crippen molar-refractivity contribution in [1.29, 1.82) is 0 Å². The zero-order valence-electron chi connectivity index (χ0n) is 21.0. The van der Waals surface area contributed by atoms with Crippen molar-refractivity contribution in [3.8, 4) is 17.0 Å². The lowest BCUT2D eigenvalue weighted by atomic mass is 10.1. The SMILES string of the molecule is COc1cccc(F)c1CN1CCOC(c2nnc3cc(-c4ccnc(Nc5ccnn5C)n4)ccn23)C1. The van der Waals surface area contributed by atoms with Crippen LogP contribution in [0.4, 0.5) is 16.2 Å². The van der Waals surface area contributed by atoms with E-state index in [0.29, 0.717) is 55.0 Å². The maximum absolute atomic E-state index is 14.5. The van der Waals surface area contributed by atoms with Crippen molar-refractivity contribution in [2.45, 2.75) is 12.6 Å². The molecule has 11 nitrogen and oxygen atoms in total. The van der Waals surface area contributed by atoms with E-state index < -0.39 is 0 Å². The summed E-state index contributed by atoms with van der Waals surface area (Å²) in [5, 5.41) is 16.1. The van der Waals surface area contributed by atoms with Gasteiger partial charge >= 0.3 is 0 Å². The number of benzene rings is 1. The lowest BCUT2D eigenvalue weighted by Crippen LogP contribution is -2.38. The van der Waals surface area contributed by atoms with Crippen LogP contribution in [0.1, 0.15) is 17.5 Å². The summed E-state index contributed by atoms with van der Waals surface area (Å²) in [6.45, 7) is 2.15. The summed E-state index contributed by atoms with van der Waals surface area (Å²) in [5.41, 5.74) is 2.84. The van der Waals surface area contributed by atoms with Crippen LogP contribution in [0.25, 0.3) is 16.9 Å². The molecule has 6 rings (SSSR count). The van der Waals surface area contributed by atoms with Gasteiger partial charge in [-0.1, -0.05) is 6.07 Å². The first-order valence-corrected chi connectivity index (χ1v) is 12.2. The lowest BCUT2D eigenvalue weighted by Gasteiger charge is -2.32. The summed E-state index contributed by atoms with van der Waals surface area (Å²) in [5.74, 6) is 2.20. The maximum atomic E-state index is 14.5. The van der Waals surface area contributed by atoms with Crippen LogP contribution in [0.5, 0.6) is 5.75 Å². The van der Waals surface area contributed by atoms with Crippen molar-refractivity contribution in [3.05, 3.63) is 78.3 Å². The molecule has 0 saturated carbocycles. The number of nitrogens with one attached hydrogen (secondary N) is 1. The zero-order valence-corrected chi connectivity index (χ0v) is 21.0. The second-order valence-corrected chi connectivity index (χ2v) is 8.95. The summed E-state index contributed by atoms with van der Waals surface area (Å²) < 4.78 is 29.5. The summed E-state index contributed by atoms with van der Waals surface area (Å²) >= 11 is 0. The second kappa shape index (κ2) is 10.1. The molecule has 38 heavy (non-hydrogen) atoms. The average Bonchev–Trinajstić information content (AvgIpc) is 3.55. The third kappa shape index (κ3) is 4.66. The molecular weight excluding hydrogens is 489 g/mol. The van der Waals surface area contributed by atoms with Crippen molar-refractivity contribution in [2.24, 2.45) is 7.05 Å². The highest BCUT2D eigenvalue weighted by Crippen LogP contribution is 2.28. The minimum Gasteiger partial charge on any atom is -0.496 e. The topological polar surface area (TPSA) is 108 Å². The van der Waals surface area contributed by atoms with Crippen LogP contribution in [0.3, 0.4) is 0 Å². The number of aromatic nitrogens is 7. The minimum atomic E-state index is -0.309. The number of pyridine rings is 1. The molecule has 1 unspecified atom stereocenters. The highest BCUT2D eigenvalue weighted by Gasteiger charge is 2.27. The predicted octanol–water partition coefficient (Wildman–Crippen LogP) is 3.38. The molecule has 0 aliphatic carbocycles. The molecule has 5 heterocycles. The van der Waals surface area contributed by atoms with Gasteiger partial charge in [0.2, 0.25) is 5.95 Å². The third-order valence-electron chi connectivity index (χ3n) is 6.56. The van der Waals surface area contributed by atoms with Crippen LogP contribution in [0.15, 0.2) is 61.1 Å². The molecule has 1 aliphatic rings. The molecule has 12 heteroatoms. The summed E-state index contributed by atoms with van der Waals surface area (Å²) in [6.07, 6.45) is 5.01. The number of ether oxygens (including phenoxy) is 2. The lowest BCUT2D eigenvalue weighted by molar-refractivity contribution is -0.0381. The number of hydrogen-bond donors (Lipinski definition) is 1. The second-order valence-electron chi connectivity index (χ2n) is 8.95. The molecule has 1 atom stereocenters. The molecule has 1 saturated heterocycles. The molecule has 0 radical (unpaired) electrons. The van der Waals surface area contributed by atoms with Gasteiger partial charge in [0.05, 0.1) is 25.6 Å². The van der Waals surface area contributed by atoms with Crippen molar-refractivity contribution in [1.82, 2.24) is 39.2 Å². The Morgan fingerprint density at radius 2 is 2.08 bits per heavy atom. The van der Waals surface area contributed by atoms with E-state index in [1.54, 1.807) is 36.3 Å². The fraction of sp³-hybridized carbons (Fsp3) is 0.269. The number of anilines is 2. The largest absolute Gasteiger partial charge is 0.496 e. The van der Waals surface area contributed by atoms with Gasteiger partial charge in [-0.15, -0.1) is 10.2 Å². The molecule has 1 N–H and O–H groups in total. The van der Waals surface area contributed by atoms with Gasteiger partial charge in [-0.2, -0.15) is 5.10 Å². The van der Waals surface area contributed by atoms with Crippen LogP contribution in [0, 0.1) is 5.82 Å². The predicted molar refractivity (Wildman–Crippen MR) is 137 cm³/mol. The van der Waals surface area contributed by atoms with Crippen molar-refractivity contribution < 1.29 is 13.9 Å². The molecule has 1 aliphatic heterocycles. The summed E-state index contributed by atoms with van der Waals surface area (Å²) in [7, 11) is 3.39. The monoisotopic (exact) mass is 515 g/mol. The number of aryl methyl sites for hydroxylation is 1. The smallest absolute Gasteiger partial charge is 0.228 e. The Kier molecular flexibility index (Phi) is 6.40. The quantitative estimate of drug-likeness (QED) is 0.349. The van der Waals surface area contributed by atoms with Crippen molar-refractivity contribution in [2.75, 3.05) is 32.1 Å². The highest BCUT2D eigenvalue weighted by molar-refractivity contribution is 5.65. The van der Waals surface area contributed by atoms with E-state index in [-0.39, 0.29) is 11.9 Å². The van der Waals surface area contributed by atoms with Gasteiger partial charge in [0, 0.05) is 56.3 Å². The van der Waals surface area contributed by atoms with Crippen molar-refractivity contribution in [3.63, 3.8) is 0 Å². The normalized spacial score (nSPS) is 16.1. The first-order valence-electron chi connectivity index (χ1n) is 12.2. The number of fused-ring (bicyclic) bond motifs is 1. The van der Waals surface area contributed by atoms with Gasteiger partial charge in [-0.3, -0.25) is 14.0 Å². The Morgan fingerprint density at radius 1 is 1.16 bits per heavy atom. The van der Waals surface area contributed by atoms with Crippen LogP contribution >= 0.6 is 0 Å². The average molecular weight is 516 g/mol. The number of nitrogens with zero attached hydrogens (tertiary/aromatic N) is 8. The van der Waals surface area contributed by atoms with Gasteiger partial charge in [-0.25, -0.2) is 14.4 Å². The molecular formula is C26H26FN9O2. The molecule has 1 fully saturated rings. The van der Waals surface area contributed by atoms with E-state index >= 15 is 0 Å². The first-order chi connectivity index (χ1) is 18.6. The Labute approximate surface area is 217 Å². The van der Waals surface area contributed by atoms with Crippen LogP contribution < -0.4 is 10.1 Å². The first kappa shape index (κ1) is 23.9. The molecule has 194 valence electrons. The molecule has 0 amide bonds. The van der Waals surface area contributed by atoms with E-state index in [2.05, 4.69) is 35.5 Å². The summed E-state index contributed by atoms with van der Waals surface area (Å²) in [4.78, 5) is 11.1. The fourth-order valence-electron chi connectivity index (χ4n) is 4.59. The molecule has 4 aromatic heterocycles. The van der Waals surface area contributed by atoms with E-state index in [4.69, 9.17) is 9.47 Å².